The average Bonchev–Trinajstić information content (AvgIpc) is 2.83. The van der Waals surface area contributed by atoms with Gasteiger partial charge in [0.15, 0.2) is 5.96 Å². The number of nitrogens with one attached hydrogen (secondary N) is 2. The molecule has 0 saturated heterocycles. The largest absolute Gasteiger partial charge is 0.354 e. The minimum Gasteiger partial charge on any atom is -0.354 e. The summed E-state index contributed by atoms with van der Waals surface area (Å²) in [6, 6.07) is 4.48. The van der Waals surface area contributed by atoms with Gasteiger partial charge in [-0.2, -0.15) is 0 Å². The molecule has 5 nitrogen and oxygen atoms in total. The van der Waals surface area contributed by atoms with Gasteiger partial charge < -0.3 is 15.5 Å². The van der Waals surface area contributed by atoms with Gasteiger partial charge in [-0.3, -0.25) is 9.79 Å². The van der Waals surface area contributed by atoms with Crippen LogP contribution in [0.15, 0.2) is 23.2 Å². The minimum absolute atomic E-state index is 0.271. The van der Waals surface area contributed by atoms with E-state index in [1.807, 2.05) is 11.9 Å². The minimum atomic E-state index is -0.363. The first-order valence-electron chi connectivity index (χ1n) is 6.62. The molecule has 1 aromatic rings. The molecule has 0 aromatic heterocycles. The van der Waals surface area contributed by atoms with Crippen molar-refractivity contribution in [2.24, 2.45) is 4.99 Å². The number of benzene rings is 1. The van der Waals surface area contributed by atoms with E-state index in [0.717, 1.165) is 19.0 Å². The summed E-state index contributed by atoms with van der Waals surface area (Å²) < 4.78 is 13.4. The number of amides is 1. The molecule has 1 aliphatic rings. The molecule has 1 aromatic carbocycles. The molecule has 1 amide bonds. The van der Waals surface area contributed by atoms with E-state index in [1.165, 1.54) is 6.07 Å². The smallest absolute Gasteiger partial charge is 0.251 e. The van der Waals surface area contributed by atoms with Crippen molar-refractivity contribution in [3.63, 3.8) is 0 Å². The molecule has 1 heterocycles. The number of nitrogens with zero attached hydrogens (tertiary/aromatic N) is 2. The van der Waals surface area contributed by atoms with Gasteiger partial charge in [-0.1, -0.05) is 6.07 Å². The maximum atomic E-state index is 13.4. The number of carbonyl (C=O) groups is 1. The van der Waals surface area contributed by atoms with Gasteiger partial charge >= 0.3 is 0 Å². The first-order valence-corrected chi connectivity index (χ1v) is 6.62. The average molecular weight is 278 g/mol. The van der Waals surface area contributed by atoms with Crippen molar-refractivity contribution in [2.75, 3.05) is 33.2 Å². The predicted molar refractivity (Wildman–Crippen MR) is 76.4 cm³/mol. The van der Waals surface area contributed by atoms with Crippen molar-refractivity contribution in [3.05, 3.63) is 35.1 Å². The zero-order valence-corrected chi connectivity index (χ0v) is 11.7. The van der Waals surface area contributed by atoms with E-state index in [0.29, 0.717) is 24.2 Å². The third-order valence-electron chi connectivity index (χ3n) is 3.19. The fourth-order valence-electron chi connectivity index (χ4n) is 1.91. The van der Waals surface area contributed by atoms with Gasteiger partial charge in [0.05, 0.1) is 6.54 Å². The van der Waals surface area contributed by atoms with Crippen LogP contribution < -0.4 is 10.6 Å². The van der Waals surface area contributed by atoms with Crippen LogP contribution in [-0.2, 0) is 0 Å². The molecular weight excluding hydrogens is 259 g/mol. The van der Waals surface area contributed by atoms with E-state index >= 15 is 0 Å². The van der Waals surface area contributed by atoms with Gasteiger partial charge in [0.2, 0.25) is 0 Å². The number of hydrogen-bond acceptors (Lipinski definition) is 4. The number of carbonyl (C=O) groups excluding carboxylic acids is 1. The molecule has 2 rings (SSSR count). The molecule has 108 valence electrons. The Morgan fingerprint density at radius 1 is 1.45 bits per heavy atom. The Morgan fingerprint density at radius 2 is 2.25 bits per heavy atom. The second-order valence-corrected chi connectivity index (χ2v) is 4.77. The van der Waals surface area contributed by atoms with Crippen LogP contribution in [0, 0.1) is 12.7 Å². The highest BCUT2D eigenvalue weighted by Crippen LogP contribution is 2.08. The molecule has 0 saturated carbocycles. The van der Waals surface area contributed by atoms with Crippen LogP contribution in [0.25, 0.3) is 0 Å². The molecule has 1 aliphatic heterocycles. The number of likely N-dealkylation sites (N-methyl/N-ethyl adjacent to an activating group) is 1. The highest BCUT2D eigenvalue weighted by atomic mass is 19.1. The van der Waals surface area contributed by atoms with Gasteiger partial charge in [0.25, 0.3) is 5.91 Å². The maximum absolute atomic E-state index is 13.4. The summed E-state index contributed by atoms with van der Waals surface area (Å²) in [5.41, 5.74) is 0.869. The molecule has 0 radical (unpaired) electrons. The number of aryl methyl sites for hydroxylation is 1. The maximum Gasteiger partial charge on any atom is 0.251 e. The zero-order chi connectivity index (χ0) is 14.5. The molecule has 0 aliphatic carbocycles. The van der Waals surface area contributed by atoms with Gasteiger partial charge in [0, 0.05) is 32.2 Å². The van der Waals surface area contributed by atoms with Crippen LogP contribution >= 0.6 is 0 Å². The number of rotatable bonds is 4. The Kier molecular flexibility index (Phi) is 4.55. The highest BCUT2D eigenvalue weighted by molar-refractivity contribution is 5.94. The summed E-state index contributed by atoms with van der Waals surface area (Å²) >= 11 is 0. The number of hydrogen-bond donors (Lipinski definition) is 2. The van der Waals surface area contributed by atoms with Crippen LogP contribution in [0.3, 0.4) is 0 Å². The van der Waals surface area contributed by atoms with E-state index in [2.05, 4.69) is 15.6 Å². The lowest BCUT2D eigenvalue weighted by Gasteiger charge is -2.15. The number of guanidine groups is 1. The third kappa shape index (κ3) is 3.46. The molecule has 0 bridgehead atoms. The van der Waals surface area contributed by atoms with Crippen molar-refractivity contribution < 1.29 is 9.18 Å². The monoisotopic (exact) mass is 278 g/mol. The molecule has 0 unspecified atom stereocenters. The van der Waals surface area contributed by atoms with E-state index in [9.17, 15) is 9.18 Å². The van der Waals surface area contributed by atoms with Gasteiger partial charge in [-0.05, 0) is 24.6 Å². The molecule has 20 heavy (non-hydrogen) atoms. The first kappa shape index (κ1) is 14.3. The standard InChI is InChI=1S/C14H19FN4O/c1-10-3-4-11(9-12(10)15)13(20)16-5-6-17-14-18-7-8-19(14)2/h3-4,9H,5-8H2,1-2H3,(H,16,20)(H,17,18). The fraction of sp³-hybridized carbons (Fsp3) is 0.429. The van der Waals surface area contributed by atoms with Crippen LogP contribution in [0.4, 0.5) is 4.39 Å². The van der Waals surface area contributed by atoms with E-state index in [1.54, 1.807) is 19.1 Å². The molecular formula is C14H19FN4O. The normalized spacial score (nSPS) is 14.2. The quantitative estimate of drug-likeness (QED) is 0.799. The lowest BCUT2D eigenvalue weighted by molar-refractivity contribution is 0.0954. The summed E-state index contributed by atoms with van der Waals surface area (Å²) in [6.45, 7) is 4.43. The summed E-state index contributed by atoms with van der Waals surface area (Å²) in [5.74, 6) is 0.214. The summed E-state index contributed by atoms with van der Waals surface area (Å²) in [6.07, 6.45) is 0. The zero-order valence-electron chi connectivity index (χ0n) is 11.7. The molecule has 0 fully saturated rings. The lowest BCUT2D eigenvalue weighted by atomic mass is 10.1. The molecule has 2 N–H and O–H groups in total. The predicted octanol–water partition coefficient (Wildman–Crippen LogP) is 0.755. The Bertz CT molecular complexity index is 530. The Morgan fingerprint density at radius 3 is 2.90 bits per heavy atom. The van der Waals surface area contributed by atoms with E-state index in [4.69, 9.17) is 0 Å². The molecule has 6 heteroatoms. The fourth-order valence-corrected chi connectivity index (χ4v) is 1.91. The Balaban J connectivity index is 1.76. The first-order chi connectivity index (χ1) is 9.58. The van der Waals surface area contributed by atoms with E-state index in [-0.39, 0.29) is 11.7 Å². The molecule has 0 spiro atoms. The summed E-state index contributed by atoms with van der Waals surface area (Å²) in [4.78, 5) is 18.1. The van der Waals surface area contributed by atoms with Crippen molar-refractivity contribution in [2.45, 2.75) is 6.92 Å². The highest BCUT2D eigenvalue weighted by Gasteiger charge is 2.11. The second-order valence-electron chi connectivity index (χ2n) is 4.77. The van der Waals surface area contributed by atoms with Crippen molar-refractivity contribution in [1.82, 2.24) is 15.5 Å². The summed E-state index contributed by atoms with van der Waals surface area (Å²) in [5, 5.41) is 5.89. The lowest BCUT2D eigenvalue weighted by Crippen LogP contribution is -2.40. The Labute approximate surface area is 117 Å². The van der Waals surface area contributed by atoms with Crippen molar-refractivity contribution in [1.29, 1.82) is 0 Å². The van der Waals surface area contributed by atoms with E-state index < -0.39 is 0 Å². The van der Waals surface area contributed by atoms with Crippen LogP contribution in [-0.4, -0.2) is 50.0 Å². The van der Waals surface area contributed by atoms with Crippen LogP contribution in [0.2, 0.25) is 0 Å². The van der Waals surface area contributed by atoms with Crippen LogP contribution in [0.5, 0.6) is 0 Å². The number of halogens is 1. The van der Waals surface area contributed by atoms with Crippen molar-refractivity contribution >= 4 is 11.9 Å². The van der Waals surface area contributed by atoms with Crippen LogP contribution in [0.1, 0.15) is 15.9 Å². The topological polar surface area (TPSA) is 56.7 Å². The van der Waals surface area contributed by atoms with Gasteiger partial charge in [0.1, 0.15) is 5.82 Å². The summed E-state index contributed by atoms with van der Waals surface area (Å²) in [7, 11) is 1.96. The van der Waals surface area contributed by atoms with Gasteiger partial charge in [-0.25, -0.2) is 4.39 Å². The Hall–Kier alpha value is -2.11. The molecule has 0 atom stereocenters. The second kappa shape index (κ2) is 6.36. The van der Waals surface area contributed by atoms with Crippen molar-refractivity contribution in [3.8, 4) is 0 Å². The third-order valence-corrected chi connectivity index (χ3v) is 3.19. The number of aliphatic imine (C=N–C) groups is 1. The van der Waals surface area contributed by atoms with Gasteiger partial charge in [-0.15, -0.1) is 0 Å². The SMILES string of the molecule is Cc1ccc(C(=O)NCCNC2=NCCN2C)cc1F.